The third-order valence-corrected chi connectivity index (χ3v) is 4.10. The molecule has 0 spiro atoms. The SMILES string of the molecule is Fc1ccc(C(=CC2CCNCC2)c2ccc(F)cc2)cc1. The minimum Gasteiger partial charge on any atom is -0.317 e. The number of hydrogen-bond donors (Lipinski definition) is 1. The van der Waals surface area contributed by atoms with E-state index in [0.29, 0.717) is 5.92 Å². The van der Waals surface area contributed by atoms with Crippen LogP contribution in [0.5, 0.6) is 0 Å². The van der Waals surface area contributed by atoms with Crippen molar-refractivity contribution in [1.82, 2.24) is 5.32 Å². The summed E-state index contributed by atoms with van der Waals surface area (Å²) in [6, 6.07) is 13.0. The summed E-state index contributed by atoms with van der Waals surface area (Å²) in [7, 11) is 0. The van der Waals surface area contributed by atoms with Gasteiger partial charge in [0.15, 0.2) is 0 Å². The van der Waals surface area contributed by atoms with Crippen LogP contribution < -0.4 is 5.32 Å². The van der Waals surface area contributed by atoms with E-state index in [1.807, 2.05) is 0 Å². The molecule has 1 N–H and O–H groups in total. The van der Waals surface area contributed by atoms with Crippen molar-refractivity contribution in [3.63, 3.8) is 0 Å². The highest BCUT2D eigenvalue weighted by atomic mass is 19.1. The molecular weight excluding hydrogens is 280 g/mol. The monoisotopic (exact) mass is 299 g/mol. The second-order valence-electron chi connectivity index (χ2n) is 5.68. The number of hydrogen-bond acceptors (Lipinski definition) is 1. The number of allylic oxidation sites excluding steroid dienone is 1. The molecule has 1 saturated heterocycles. The molecule has 22 heavy (non-hydrogen) atoms. The van der Waals surface area contributed by atoms with E-state index in [1.54, 1.807) is 24.3 Å². The number of rotatable bonds is 3. The Kier molecular flexibility index (Phi) is 4.64. The minimum atomic E-state index is -0.246. The van der Waals surface area contributed by atoms with Gasteiger partial charge in [0.1, 0.15) is 11.6 Å². The van der Waals surface area contributed by atoms with Gasteiger partial charge in [-0.2, -0.15) is 0 Å². The zero-order chi connectivity index (χ0) is 15.4. The molecule has 0 saturated carbocycles. The molecule has 0 bridgehead atoms. The lowest BCUT2D eigenvalue weighted by Crippen LogP contribution is -2.26. The van der Waals surface area contributed by atoms with E-state index in [-0.39, 0.29) is 11.6 Å². The van der Waals surface area contributed by atoms with E-state index in [9.17, 15) is 8.78 Å². The van der Waals surface area contributed by atoms with E-state index < -0.39 is 0 Å². The quantitative estimate of drug-likeness (QED) is 0.886. The lowest BCUT2D eigenvalue weighted by Gasteiger charge is -2.21. The van der Waals surface area contributed by atoms with Crippen molar-refractivity contribution in [2.75, 3.05) is 13.1 Å². The van der Waals surface area contributed by atoms with Gasteiger partial charge < -0.3 is 5.32 Å². The van der Waals surface area contributed by atoms with Crippen LogP contribution in [0.3, 0.4) is 0 Å². The largest absolute Gasteiger partial charge is 0.317 e. The molecule has 2 aromatic rings. The first-order valence-electron chi connectivity index (χ1n) is 7.67. The third-order valence-electron chi connectivity index (χ3n) is 4.10. The van der Waals surface area contributed by atoms with Gasteiger partial charge in [0.2, 0.25) is 0 Å². The van der Waals surface area contributed by atoms with Gasteiger partial charge in [-0.1, -0.05) is 30.3 Å². The molecule has 1 aliphatic rings. The van der Waals surface area contributed by atoms with Crippen LogP contribution >= 0.6 is 0 Å². The highest BCUT2D eigenvalue weighted by molar-refractivity contribution is 5.79. The first-order chi connectivity index (χ1) is 10.7. The molecule has 1 fully saturated rings. The van der Waals surface area contributed by atoms with Crippen LogP contribution in [0, 0.1) is 17.6 Å². The van der Waals surface area contributed by atoms with Gasteiger partial charge in [-0.15, -0.1) is 0 Å². The van der Waals surface area contributed by atoms with Crippen LogP contribution in [-0.2, 0) is 0 Å². The molecule has 3 heteroatoms. The molecule has 0 atom stereocenters. The topological polar surface area (TPSA) is 12.0 Å². The smallest absolute Gasteiger partial charge is 0.123 e. The summed E-state index contributed by atoms with van der Waals surface area (Å²) < 4.78 is 26.4. The Bertz CT molecular complexity index is 591. The van der Waals surface area contributed by atoms with E-state index >= 15 is 0 Å². The fourth-order valence-electron chi connectivity index (χ4n) is 2.86. The number of piperidine rings is 1. The summed E-state index contributed by atoms with van der Waals surface area (Å²) >= 11 is 0. The van der Waals surface area contributed by atoms with E-state index in [1.165, 1.54) is 24.3 Å². The summed E-state index contributed by atoms with van der Waals surface area (Å²) in [6.07, 6.45) is 4.43. The molecule has 0 radical (unpaired) electrons. The normalized spacial score (nSPS) is 15.5. The molecule has 0 amide bonds. The molecule has 1 heterocycles. The third kappa shape index (κ3) is 3.60. The molecule has 114 valence electrons. The number of halogens is 2. The average Bonchev–Trinajstić information content (AvgIpc) is 2.56. The van der Waals surface area contributed by atoms with Crippen LogP contribution in [0.4, 0.5) is 8.78 Å². The number of benzene rings is 2. The fraction of sp³-hybridized carbons (Fsp3) is 0.263. The Hall–Kier alpha value is -2.00. The zero-order valence-electron chi connectivity index (χ0n) is 12.4. The first kappa shape index (κ1) is 14.9. The van der Waals surface area contributed by atoms with E-state index in [4.69, 9.17) is 0 Å². The highest BCUT2D eigenvalue weighted by Gasteiger charge is 2.14. The van der Waals surface area contributed by atoms with Crippen LogP contribution in [0.25, 0.3) is 5.57 Å². The maximum atomic E-state index is 13.2. The Balaban J connectivity index is 1.99. The Morgan fingerprint density at radius 1 is 0.818 bits per heavy atom. The number of nitrogens with one attached hydrogen (secondary N) is 1. The van der Waals surface area contributed by atoms with Gasteiger partial charge in [0, 0.05) is 0 Å². The van der Waals surface area contributed by atoms with Crippen molar-refractivity contribution in [3.8, 4) is 0 Å². The second kappa shape index (κ2) is 6.84. The van der Waals surface area contributed by atoms with Crippen LogP contribution in [-0.4, -0.2) is 13.1 Å². The van der Waals surface area contributed by atoms with Gasteiger partial charge in [-0.05, 0) is 72.8 Å². The molecule has 0 aromatic heterocycles. The van der Waals surface area contributed by atoms with Crippen molar-refractivity contribution in [1.29, 1.82) is 0 Å². The van der Waals surface area contributed by atoms with Crippen molar-refractivity contribution in [2.24, 2.45) is 5.92 Å². The van der Waals surface area contributed by atoms with Crippen molar-refractivity contribution < 1.29 is 8.78 Å². The van der Waals surface area contributed by atoms with Gasteiger partial charge in [0.25, 0.3) is 0 Å². The van der Waals surface area contributed by atoms with Crippen LogP contribution in [0.15, 0.2) is 54.6 Å². The molecule has 1 aliphatic heterocycles. The second-order valence-corrected chi connectivity index (χ2v) is 5.68. The zero-order valence-corrected chi connectivity index (χ0v) is 12.4. The molecule has 3 rings (SSSR count). The Morgan fingerprint density at radius 2 is 1.27 bits per heavy atom. The standard InChI is InChI=1S/C19H19F2N/c20-17-5-1-15(2-6-17)19(13-14-9-11-22-12-10-14)16-3-7-18(21)8-4-16/h1-8,13-14,22H,9-12H2. The lowest BCUT2D eigenvalue weighted by atomic mass is 9.90. The summed E-state index contributed by atoms with van der Waals surface area (Å²) in [4.78, 5) is 0. The van der Waals surface area contributed by atoms with Crippen molar-refractivity contribution in [3.05, 3.63) is 77.4 Å². The summed E-state index contributed by atoms with van der Waals surface area (Å²) in [5.41, 5.74) is 2.98. The van der Waals surface area contributed by atoms with Gasteiger partial charge in [0.05, 0.1) is 0 Å². The lowest BCUT2D eigenvalue weighted by molar-refractivity contribution is 0.437. The van der Waals surface area contributed by atoms with Gasteiger partial charge in [-0.25, -0.2) is 8.78 Å². The summed E-state index contributed by atoms with van der Waals surface area (Å²) in [5, 5.41) is 3.35. The highest BCUT2D eigenvalue weighted by Crippen LogP contribution is 2.28. The van der Waals surface area contributed by atoms with E-state index in [2.05, 4.69) is 11.4 Å². The van der Waals surface area contributed by atoms with E-state index in [0.717, 1.165) is 42.6 Å². The average molecular weight is 299 g/mol. The van der Waals surface area contributed by atoms with Crippen molar-refractivity contribution in [2.45, 2.75) is 12.8 Å². The maximum absolute atomic E-state index is 13.2. The Labute approximate surface area is 129 Å². The van der Waals surface area contributed by atoms with Crippen LogP contribution in [0.2, 0.25) is 0 Å². The molecule has 1 nitrogen and oxygen atoms in total. The minimum absolute atomic E-state index is 0.246. The predicted octanol–water partition coefficient (Wildman–Crippen LogP) is 4.40. The summed E-state index contributed by atoms with van der Waals surface area (Å²) in [6.45, 7) is 2.03. The fourth-order valence-corrected chi connectivity index (χ4v) is 2.86. The van der Waals surface area contributed by atoms with Crippen LogP contribution in [0.1, 0.15) is 24.0 Å². The Morgan fingerprint density at radius 3 is 1.73 bits per heavy atom. The maximum Gasteiger partial charge on any atom is 0.123 e. The van der Waals surface area contributed by atoms with Gasteiger partial charge >= 0.3 is 0 Å². The van der Waals surface area contributed by atoms with Crippen molar-refractivity contribution >= 4 is 5.57 Å². The summed E-state index contributed by atoms with van der Waals surface area (Å²) in [5.74, 6) is -0.000462. The van der Waals surface area contributed by atoms with Gasteiger partial charge in [-0.3, -0.25) is 0 Å². The molecular formula is C19H19F2N. The molecule has 0 aliphatic carbocycles. The first-order valence-corrected chi connectivity index (χ1v) is 7.67. The predicted molar refractivity (Wildman–Crippen MR) is 85.5 cm³/mol. The molecule has 0 unspecified atom stereocenters. The molecule has 2 aromatic carbocycles.